The van der Waals surface area contributed by atoms with Gasteiger partial charge >= 0.3 is 11.8 Å². The van der Waals surface area contributed by atoms with Crippen LogP contribution in [0.5, 0.6) is 0 Å². The molecule has 1 unspecified atom stereocenters. The number of rotatable bonds is 10. The summed E-state index contributed by atoms with van der Waals surface area (Å²) in [6.07, 6.45) is -0.158. The van der Waals surface area contributed by atoms with Crippen LogP contribution < -0.4 is 11.0 Å². The van der Waals surface area contributed by atoms with Crippen LogP contribution in [-0.4, -0.2) is 49.8 Å². The predicted molar refractivity (Wildman–Crippen MR) is 169 cm³/mol. The number of halogens is 2. The van der Waals surface area contributed by atoms with Crippen LogP contribution in [-0.2, 0) is 11.3 Å². The molecule has 9 nitrogen and oxygen atoms in total. The van der Waals surface area contributed by atoms with Gasteiger partial charge in [-0.05, 0) is 75.9 Å². The standard InChI is InChI=1S/C33H39ClFN5O4/c1-21(2)29(27-19-26-28(34)22(3)37-40(26)32(43)39(27)20-23-11-8-7-9-12-23)38(30(41)24-13-15-25(35)16-14-24)18-10-17-36-31(42)44-33(4,5)6/h7-9,11-16,19,21,29H,10,17-18,20H2,1-6H3,(H,36,42). The maximum atomic E-state index is 14.1. The van der Waals surface area contributed by atoms with Crippen molar-refractivity contribution in [1.82, 2.24) is 24.4 Å². The van der Waals surface area contributed by atoms with E-state index in [0.29, 0.717) is 33.9 Å². The van der Waals surface area contributed by atoms with E-state index in [9.17, 15) is 18.8 Å². The van der Waals surface area contributed by atoms with Crippen LogP contribution in [0.2, 0.25) is 5.02 Å². The summed E-state index contributed by atoms with van der Waals surface area (Å²) in [4.78, 5) is 42.1. The Labute approximate surface area is 261 Å². The lowest BCUT2D eigenvalue weighted by Crippen LogP contribution is -2.43. The van der Waals surface area contributed by atoms with Crippen LogP contribution in [0, 0.1) is 18.7 Å². The molecular formula is C33H39ClFN5O4. The van der Waals surface area contributed by atoms with Crippen LogP contribution >= 0.6 is 11.6 Å². The van der Waals surface area contributed by atoms with Crippen molar-refractivity contribution in [3.05, 3.63) is 105 Å². The van der Waals surface area contributed by atoms with E-state index in [0.717, 1.165) is 5.56 Å². The highest BCUT2D eigenvalue weighted by molar-refractivity contribution is 6.34. The average molecular weight is 624 g/mol. The Morgan fingerprint density at radius 2 is 1.75 bits per heavy atom. The number of carbonyl (C=O) groups excluding carboxylic acids is 2. The van der Waals surface area contributed by atoms with Gasteiger partial charge < -0.3 is 15.0 Å². The van der Waals surface area contributed by atoms with Gasteiger partial charge in [0.2, 0.25) is 0 Å². The first-order valence-electron chi connectivity index (χ1n) is 14.6. The van der Waals surface area contributed by atoms with Crippen molar-refractivity contribution in [2.45, 2.75) is 66.2 Å². The summed E-state index contributed by atoms with van der Waals surface area (Å²) >= 11 is 6.61. The molecule has 0 radical (unpaired) electrons. The van der Waals surface area contributed by atoms with Crippen LogP contribution in [0.25, 0.3) is 5.52 Å². The Kier molecular flexibility index (Phi) is 10.1. The molecule has 0 saturated carbocycles. The first kappa shape index (κ1) is 32.7. The number of fused-ring (bicyclic) bond motifs is 1. The highest BCUT2D eigenvalue weighted by Crippen LogP contribution is 2.32. The molecule has 0 aliphatic carbocycles. The quantitative estimate of drug-likeness (QED) is 0.206. The normalized spacial score (nSPS) is 12.4. The smallest absolute Gasteiger partial charge is 0.407 e. The topological polar surface area (TPSA) is 97.9 Å². The molecule has 234 valence electrons. The molecule has 44 heavy (non-hydrogen) atoms. The fraction of sp³-hybridized carbons (Fsp3) is 0.394. The first-order valence-corrected chi connectivity index (χ1v) is 15.0. The van der Waals surface area contributed by atoms with Gasteiger partial charge in [-0.2, -0.15) is 9.61 Å². The largest absolute Gasteiger partial charge is 0.444 e. The van der Waals surface area contributed by atoms with E-state index >= 15 is 0 Å². The summed E-state index contributed by atoms with van der Waals surface area (Å²) in [7, 11) is 0. The number of ether oxygens (including phenoxy) is 1. The molecule has 4 aromatic rings. The van der Waals surface area contributed by atoms with Gasteiger partial charge in [-0.1, -0.05) is 55.8 Å². The summed E-state index contributed by atoms with van der Waals surface area (Å²) in [6.45, 7) is 11.7. The van der Waals surface area contributed by atoms with Gasteiger partial charge in [0.25, 0.3) is 5.91 Å². The minimum atomic E-state index is -0.647. The van der Waals surface area contributed by atoms with Gasteiger partial charge in [0.1, 0.15) is 11.4 Å². The van der Waals surface area contributed by atoms with Crippen molar-refractivity contribution in [3.8, 4) is 0 Å². The minimum absolute atomic E-state index is 0.162. The van der Waals surface area contributed by atoms with Gasteiger partial charge in [-0.25, -0.2) is 14.0 Å². The fourth-order valence-electron chi connectivity index (χ4n) is 5.15. The zero-order valence-electron chi connectivity index (χ0n) is 25.9. The third-order valence-electron chi connectivity index (χ3n) is 7.08. The summed E-state index contributed by atoms with van der Waals surface area (Å²) in [5.41, 5.74) is 1.70. The lowest BCUT2D eigenvalue weighted by atomic mass is 9.96. The van der Waals surface area contributed by atoms with Crippen molar-refractivity contribution in [3.63, 3.8) is 0 Å². The van der Waals surface area contributed by atoms with E-state index in [2.05, 4.69) is 10.4 Å². The van der Waals surface area contributed by atoms with E-state index in [1.165, 1.54) is 28.8 Å². The number of benzene rings is 2. The molecule has 2 heterocycles. The molecule has 0 bridgehead atoms. The van der Waals surface area contributed by atoms with Gasteiger partial charge in [0.05, 0.1) is 28.8 Å². The molecule has 0 fully saturated rings. The molecule has 0 spiro atoms. The van der Waals surface area contributed by atoms with Crippen LogP contribution in [0.4, 0.5) is 9.18 Å². The Morgan fingerprint density at radius 1 is 1.09 bits per heavy atom. The SMILES string of the molecule is Cc1nn2c(=O)n(Cc3ccccc3)c(C(C(C)C)N(CCCNC(=O)OC(C)(C)C)C(=O)c3ccc(F)cc3)cc2c1Cl. The number of nitrogens with one attached hydrogen (secondary N) is 1. The Hall–Kier alpha value is -4.18. The molecule has 2 aromatic heterocycles. The van der Waals surface area contributed by atoms with Crippen LogP contribution in [0.3, 0.4) is 0 Å². The van der Waals surface area contributed by atoms with Gasteiger partial charge in [-0.15, -0.1) is 0 Å². The third-order valence-corrected chi connectivity index (χ3v) is 7.55. The zero-order chi connectivity index (χ0) is 32.2. The number of hydrogen-bond donors (Lipinski definition) is 1. The Balaban J connectivity index is 1.80. The van der Waals surface area contributed by atoms with Gasteiger partial charge in [0.15, 0.2) is 0 Å². The van der Waals surface area contributed by atoms with Crippen molar-refractivity contribution in [1.29, 1.82) is 0 Å². The number of aromatic nitrogens is 3. The molecule has 1 atom stereocenters. The lowest BCUT2D eigenvalue weighted by molar-refractivity contribution is 0.0520. The van der Waals surface area contributed by atoms with E-state index in [-0.39, 0.29) is 37.1 Å². The van der Waals surface area contributed by atoms with E-state index in [1.54, 1.807) is 37.2 Å². The minimum Gasteiger partial charge on any atom is -0.444 e. The van der Waals surface area contributed by atoms with Crippen LogP contribution in [0.15, 0.2) is 65.5 Å². The number of aryl methyl sites for hydroxylation is 1. The van der Waals surface area contributed by atoms with Crippen molar-refractivity contribution < 1.29 is 18.7 Å². The maximum absolute atomic E-state index is 14.1. The molecule has 4 rings (SSSR count). The van der Waals surface area contributed by atoms with Gasteiger partial charge in [-0.3, -0.25) is 9.36 Å². The number of alkyl carbamates (subject to hydrolysis) is 1. The monoisotopic (exact) mass is 623 g/mol. The maximum Gasteiger partial charge on any atom is 0.407 e. The highest BCUT2D eigenvalue weighted by Gasteiger charge is 2.32. The predicted octanol–water partition coefficient (Wildman–Crippen LogP) is 6.40. The third kappa shape index (κ3) is 7.66. The number of hydrogen-bond acceptors (Lipinski definition) is 5. The average Bonchev–Trinajstić information content (AvgIpc) is 3.24. The highest BCUT2D eigenvalue weighted by atomic mass is 35.5. The second-order valence-electron chi connectivity index (χ2n) is 12.1. The fourth-order valence-corrected chi connectivity index (χ4v) is 5.32. The van der Waals surface area contributed by atoms with Crippen molar-refractivity contribution >= 4 is 29.1 Å². The molecular weight excluding hydrogens is 585 g/mol. The molecule has 0 aliphatic heterocycles. The molecule has 0 aliphatic rings. The van der Waals surface area contributed by atoms with Crippen molar-refractivity contribution in [2.24, 2.45) is 5.92 Å². The van der Waals surface area contributed by atoms with E-state index < -0.39 is 23.6 Å². The Bertz CT molecular complexity index is 1680. The Morgan fingerprint density at radius 3 is 2.36 bits per heavy atom. The summed E-state index contributed by atoms with van der Waals surface area (Å²) in [5.74, 6) is -0.955. The molecule has 2 amide bonds. The summed E-state index contributed by atoms with van der Waals surface area (Å²) < 4.78 is 22.1. The van der Waals surface area contributed by atoms with Gasteiger partial charge in [0, 0.05) is 24.3 Å². The summed E-state index contributed by atoms with van der Waals surface area (Å²) in [6, 6.07) is 16.1. The molecule has 0 saturated heterocycles. The molecule has 11 heteroatoms. The molecule has 1 N–H and O–H groups in total. The molecule has 2 aromatic carbocycles. The van der Waals surface area contributed by atoms with Crippen molar-refractivity contribution in [2.75, 3.05) is 13.1 Å². The first-order chi connectivity index (χ1) is 20.8. The summed E-state index contributed by atoms with van der Waals surface area (Å²) in [5, 5.41) is 7.48. The lowest BCUT2D eigenvalue weighted by Gasteiger charge is -2.36. The zero-order valence-corrected chi connectivity index (χ0v) is 26.7. The van der Waals surface area contributed by atoms with E-state index in [1.807, 2.05) is 50.2 Å². The number of nitrogens with zero attached hydrogens (tertiary/aromatic N) is 4. The second kappa shape index (κ2) is 13.6. The number of carbonyl (C=O) groups is 2. The van der Waals surface area contributed by atoms with E-state index in [4.69, 9.17) is 16.3 Å². The number of amides is 2. The second-order valence-corrected chi connectivity index (χ2v) is 12.5. The van der Waals surface area contributed by atoms with Crippen LogP contribution in [0.1, 0.15) is 74.4 Å².